The van der Waals surface area contributed by atoms with Crippen LogP contribution >= 0.6 is 34.8 Å². The van der Waals surface area contributed by atoms with Crippen molar-refractivity contribution >= 4 is 46.8 Å². The van der Waals surface area contributed by atoms with Crippen LogP contribution in [0.2, 0.25) is 15.1 Å². The minimum atomic E-state index is -0.558. The second kappa shape index (κ2) is 4.69. The molecule has 0 spiro atoms. The highest BCUT2D eigenvalue weighted by molar-refractivity contribution is 6.44. The van der Waals surface area contributed by atoms with E-state index in [2.05, 4.69) is 0 Å². The number of nitrogens with two attached hydrogens (primary N) is 1. The lowest BCUT2D eigenvalue weighted by molar-refractivity contribution is -0.113. The van der Waals surface area contributed by atoms with Gasteiger partial charge < -0.3 is 5.73 Å². The largest absolute Gasteiger partial charge is 0.366 e. The molecule has 2 nitrogen and oxygen atoms in total. The standard InChI is InChI=1S/C9H6Cl3NO/c10-6-3-5(1-2-8(13)14)9(12)7(11)4-6/h1-4H,(H2,13,14). The highest BCUT2D eigenvalue weighted by Gasteiger charge is 2.04. The summed E-state index contributed by atoms with van der Waals surface area (Å²) in [6.07, 6.45) is 2.65. The van der Waals surface area contributed by atoms with Gasteiger partial charge in [-0.2, -0.15) is 0 Å². The monoisotopic (exact) mass is 249 g/mol. The number of primary amides is 1. The molecule has 0 radical (unpaired) electrons. The third-order valence-electron chi connectivity index (χ3n) is 1.45. The van der Waals surface area contributed by atoms with Gasteiger partial charge in [-0.15, -0.1) is 0 Å². The van der Waals surface area contributed by atoms with Crippen molar-refractivity contribution in [2.45, 2.75) is 0 Å². The molecule has 74 valence electrons. The van der Waals surface area contributed by atoms with Crippen molar-refractivity contribution in [1.29, 1.82) is 0 Å². The van der Waals surface area contributed by atoms with E-state index in [1.807, 2.05) is 0 Å². The number of carbonyl (C=O) groups is 1. The summed E-state index contributed by atoms with van der Waals surface area (Å²) < 4.78 is 0. The van der Waals surface area contributed by atoms with E-state index in [9.17, 15) is 4.79 Å². The van der Waals surface area contributed by atoms with Gasteiger partial charge in [0, 0.05) is 11.1 Å². The maximum Gasteiger partial charge on any atom is 0.241 e. The quantitative estimate of drug-likeness (QED) is 0.636. The van der Waals surface area contributed by atoms with Gasteiger partial charge in [-0.25, -0.2) is 0 Å². The highest BCUT2D eigenvalue weighted by Crippen LogP contribution is 2.30. The van der Waals surface area contributed by atoms with Gasteiger partial charge in [-0.1, -0.05) is 34.8 Å². The Morgan fingerprint density at radius 1 is 1.29 bits per heavy atom. The highest BCUT2D eigenvalue weighted by atomic mass is 35.5. The van der Waals surface area contributed by atoms with Crippen molar-refractivity contribution in [1.82, 2.24) is 0 Å². The predicted octanol–water partition coefficient (Wildman–Crippen LogP) is 3.15. The zero-order chi connectivity index (χ0) is 10.7. The number of hydrogen-bond acceptors (Lipinski definition) is 1. The average Bonchev–Trinajstić information content (AvgIpc) is 2.08. The summed E-state index contributed by atoms with van der Waals surface area (Å²) in [5.74, 6) is -0.558. The fourth-order valence-electron chi connectivity index (χ4n) is 0.869. The molecule has 14 heavy (non-hydrogen) atoms. The molecule has 0 aliphatic carbocycles. The molecule has 0 saturated heterocycles. The fourth-order valence-corrected chi connectivity index (χ4v) is 1.55. The van der Waals surface area contributed by atoms with Crippen LogP contribution in [0.5, 0.6) is 0 Å². The van der Waals surface area contributed by atoms with Crippen molar-refractivity contribution in [3.8, 4) is 0 Å². The summed E-state index contributed by atoms with van der Waals surface area (Å²) in [6.45, 7) is 0. The fraction of sp³-hybridized carbons (Fsp3) is 0. The van der Waals surface area contributed by atoms with Crippen LogP contribution in [0.1, 0.15) is 5.56 Å². The molecule has 0 fully saturated rings. The van der Waals surface area contributed by atoms with E-state index in [1.165, 1.54) is 18.2 Å². The summed E-state index contributed by atoms with van der Waals surface area (Å²) in [4.78, 5) is 10.5. The first-order valence-corrected chi connectivity index (χ1v) is 4.76. The molecular weight excluding hydrogens is 244 g/mol. The zero-order valence-corrected chi connectivity index (χ0v) is 9.20. The third kappa shape index (κ3) is 2.91. The Morgan fingerprint density at radius 2 is 1.93 bits per heavy atom. The second-order valence-electron chi connectivity index (χ2n) is 2.53. The number of hydrogen-bond donors (Lipinski definition) is 1. The van der Waals surface area contributed by atoms with Crippen molar-refractivity contribution in [2.75, 3.05) is 0 Å². The Kier molecular flexibility index (Phi) is 3.81. The number of carbonyl (C=O) groups excluding carboxylic acids is 1. The Labute approximate surface area is 96.2 Å². The van der Waals surface area contributed by atoms with Gasteiger partial charge in [0.1, 0.15) is 0 Å². The SMILES string of the molecule is NC(=O)C=Cc1cc(Cl)cc(Cl)c1Cl. The predicted molar refractivity (Wildman–Crippen MR) is 59.7 cm³/mol. The third-order valence-corrected chi connectivity index (χ3v) is 2.48. The molecule has 0 unspecified atom stereocenters. The van der Waals surface area contributed by atoms with E-state index in [0.717, 1.165) is 0 Å². The lowest BCUT2D eigenvalue weighted by Crippen LogP contribution is -2.05. The van der Waals surface area contributed by atoms with Gasteiger partial charge in [0.2, 0.25) is 5.91 Å². The Morgan fingerprint density at radius 3 is 2.50 bits per heavy atom. The Hall–Kier alpha value is -0.700. The molecule has 1 aromatic rings. The van der Waals surface area contributed by atoms with E-state index in [1.54, 1.807) is 6.07 Å². The molecule has 0 aliphatic rings. The topological polar surface area (TPSA) is 43.1 Å². The molecular formula is C9H6Cl3NO. The van der Waals surface area contributed by atoms with Crippen LogP contribution in [-0.4, -0.2) is 5.91 Å². The molecule has 5 heteroatoms. The summed E-state index contributed by atoms with van der Waals surface area (Å²) in [5, 5.41) is 1.13. The van der Waals surface area contributed by atoms with Crippen molar-refractivity contribution in [3.05, 3.63) is 38.8 Å². The first kappa shape index (κ1) is 11.4. The summed E-state index contributed by atoms with van der Waals surface area (Å²) >= 11 is 17.4. The number of halogens is 3. The van der Waals surface area contributed by atoms with Crippen LogP contribution < -0.4 is 5.73 Å². The summed E-state index contributed by atoms with van der Waals surface area (Å²) in [6, 6.07) is 3.11. The molecule has 1 aromatic carbocycles. The average molecular weight is 251 g/mol. The van der Waals surface area contributed by atoms with Crippen LogP contribution in [0.4, 0.5) is 0 Å². The van der Waals surface area contributed by atoms with Gasteiger partial charge in [-0.05, 0) is 23.8 Å². The van der Waals surface area contributed by atoms with E-state index >= 15 is 0 Å². The number of amides is 1. The molecule has 0 atom stereocenters. The van der Waals surface area contributed by atoms with Crippen LogP contribution in [-0.2, 0) is 4.79 Å². The van der Waals surface area contributed by atoms with Gasteiger partial charge >= 0.3 is 0 Å². The van der Waals surface area contributed by atoms with Gasteiger partial charge in [0.25, 0.3) is 0 Å². The van der Waals surface area contributed by atoms with Crippen LogP contribution in [0.3, 0.4) is 0 Å². The Balaban J connectivity index is 3.14. The molecule has 2 N–H and O–H groups in total. The maximum atomic E-state index is 10.5. The molecule has 0 bridgehead atoms. The molecule has 1 rings (SSSR count). The van der Waals surface area contributed by atoms with E-state index in [-0.39, 0.29) is 0 Å². The van der Waals surface area contributed by atoms with Gasteiger partial charge in [0.15, 0.2) is 0 Å². The number of rotatable bonds is 2. The minimum Gasteiger partial charge on any atom is -0.366 e. The van der Waals surface area contributed by atoms with Crippen LogP contribution in [0, 0.1) is 0 Å². The second-order valence-corrected chi connectivity index (χ2v) is 3.75. The van der Waals surface area contributed by atoms with Crippen molar-refractivity contribution in [2.24, 2.45) is 5.73 Å². The molecule has 0 aliphatic heterocycles. The summed E-state index contributed by atoms with van der Waals surface area (Å²) in [7, 11) is 0. The smallest absolute Gasteiger partial charge is 0.241 e. The van der Waals surface area contributed by atoms with Crippen LogP contribution in [0.15, 0.2) is 18.2 Å². The molecule has 0 aromatic heterocycles. The van der Waals surface area contributed by atoms with E-state index in [0.29, 0.717) is 20.6 Å². The maximum absolute atomic E-state index is 10.5. The molecule has 0 saturated carbocycles. The van der Waals surface area contributed by atoms with Crippen molar-refractivity contribution in [3.63, 3.8) is 0 Å². The number of benzene rings is 1. The normalized spacial score (nSPS) is 10.8. The first-order valence-electron chi connectivity index (χ1n) is 3.63. The van der Waals surface area contributed by atoms with Gasteiger partial charge in [-0.3, -0.25) is 4.79 Å². The van der Waals surface area contributed by atoms with Crippen LogP contribution in [0.25, 0.3) is 6.08 Å². The first-order chi connectivity index (χ1) is 6.50. The van der Waals surface area contributed by atoms with Crippen molar-refractivity contribution < 1.29 is 4.79 Å². The zero-order valence-electron chi connectivity index (χ0n) is 6.93. The van der Waals surface area contributed by atoms with E-state index < -0.39 is 5.91 Å². The molecule has 1 amide bonds. The Bertz CT molecular complexity index is 401. The van der Waals surface area contributed by atoms with E-state index in [4.69, 9.17) is 40.5 Å². The van der Waals surface area contributed by atoms with Gasteiger partial charge in [0.05, 0.1) is 10.0 Å². The lowest BCUT2D eigenvalue weighted by Gasteiger charge is -2.01. The minimum absolute atomic E-state index is 0.336. The summed E-state index contributed by atoms with van der Waals surface area (Å²) in [5.41, 5.74) is 5.49. The molecule has 0 heterocycles. The lowest BCUT2D eigenvalue weighted by atomic mass is 10.2.